The van der Waals surface area contributed by atoms with E-state index in [0.717, 1.165) is 0 Å². The number of nitrogens with one attached hydrogen (secondary N) is 1. The molecule has 0 radical (unpaired) electrons. The van der Waals surface area contributed by atoms with Gasteiger partial charge in [-0.05, 0) is 13.8 Å². The fraction of sp³-hybridized carbons (Fsp3) is 0.857. The summed E-state index contributed by atoms with van der Waals surface area (Å²) in [6, 6.07) is 0. The Morgan fingerprint density at radius 2 is 2.00 bits per heavy atom. The molecule has 0 unspecified atom stereocenters. The van der Waals surface area contributed by atoms with Crippen LogP contribution in [0.15, 0.2) is 0 Å². The van der Waals surface area contributed by atoms with Crippen LogP contribution in [-0.4, -0.2) is 18.2 Å². The van der Waals surface area contributed by atoms with Crippen molar-refractivity contribution in [1.29, 1.82) is 0 Å². The molecule has 1 fully saturated rings. The van der Waals surface area contributed by atoms with Crippen LogP contribution >= 0.6 is 0 Å². The second kappa shape index (κ2) is 3.44. The summed E-state index contributed by atoms with van der Waals surface area (Å²) >= 11 is 0. The second-order valence-corrected chi connectivity index (χ2v) is 2.50. The third kappa shape index (κ3) is 2.71. The minimum atomic E-state index is -0.310. The molecular weight excluding hydrogens is 130 g/mol. The average molecular weight is 145 g/mol. The quantitative estimate of drug-likeness (QED) is 0.561. The zero-order valence-corrected chi connectivity index (χ0v) is 7.02. The van der Waals surface area contributed by atoms with Gasteiger partial charge in [0.05, 0.1) is 6.54 Å². The maximum absolute atomic E-state index is 10.3. The Morgan fingerprint density at radius 3 is 2.10 bits per heavy atom. The number of hydrogen-bond acceptors (Lipinski definition) is 2. The van der Waals surface area contributed by atoms with Gasteiger partial charge in [-0.3, -0.25) is 0 Å². The average Bonchev–Trinajstić information content (AvgIpc) is 2.15. The van der Waals surface area contributed by atoms with Crippen molar-refractivity contribution in [2.24, 2.45) is 0 Å². The normalized spacial score (nSPS) is 20.2. The number of amides is 1. The third-order valence-corrected chi connectivity index (χ3v) is 1.03. The van der Waals surface area contributed by atoms with Gasteiger partial charge >= 0.3 is 6.09 Å². The monoisotopic (exact) mass is 145 g/mol. The number of rotatable bonds is 0. The van der Waals surface area contributed by atoms with Crippen LogP contribution in [0.5, 0.6) is 0 Å². The lowest BCUT2D eigenvalue weighted by Gasteiger charge is -2.11. The molecule has 3 heteroatoms. The first kappa shape index (κ1) is 9.27. The van der Waals surface area contributed by atoms with Gasteiger partial charge in [-0.15, -0.1) is 0 Å². The number of cyclic esters (lactones) is 1. The van der Waals surface area contributed by atoms with Crippen LogP contribution in [0.2, 0.25) is 0 Å². The van der Waals surface area contributed by atoms with Gasteiger partial charge in [0.25, 0.3) is 0 Å². The zero-order chi connectivity index (χ0) is 8.20. The van der Waals surface area contributed by atoms with Crippen LogP contribution in [0.25, 0.3) is 0 Å². The van der Waals surface area contributed by atoms with Crippen molar-refractivity contribution in [2.45, 2.75) is 33.3 Å². The highest BCUT2D eigenvalue weighted by molar-refractivity contribution is 5.69. The molecule has 0 aromatic heterocycles. The van der Waals surface area contributed by atoms with Gasteiger partial charge in [-0.2, -0.15) is 0 Å². The summed E-state index contributed by atoms with van der Waals surface area (Å²) in [7, 11) is 0. The Hall–Kier alpha value is -0.730. The molecule has 1 saturated heterocycles. The molecule has 0 aromatic rings. The number of carbonyl (C=O) groups is 1. The maximum atomic E-state index is 10.3. The molecule has 1 aliphatic heterocycles. The largest absolute Gasteiger partial charge is 0.442 e. The van der Waals surface area contributed by atoms with E-state index in [9.17, 15) is 4.79 Å². The van der Waals surface area contributed by atoms with Crippen LogP contribution in [0, 0.1) is 0 Å². The highest BCUT2D eigenvalue weighted by Gasteiger charge is 2.29. The fourth-order valence-corrected chi connectivity index (χ4v) is 0.608. The first-order valence-corrected chi connectivity index (χ1v) is 3.57. The standard InChI is InChI=1S/C5H9NO2.C2H6/c1-5(2)3-6-4(7)8-5;1-2/h3H2,1-2H3,(H,6,7);1-2H3. The molecular formula is C7H15NO2. The lowest BCUT2D eigenvalue weighted by molar-refractivity contribution is 0.0869. The van der Waals surface area contributed by atoms with Crippen LogP contribution in [-0.2, 0) is 4.74 Å². The summed E-state index contributed by atoms with van der Waals surface area (Å²) in [5, 5.41) is 2.55. The third-order valence-electron chi connectivity index (χ3n) is 1.03. The Morgan fingerprint density at radius 1 is 1.50 bits per heavy atom. The molecule has 0 spiro atoms. The molecule has 0 bridgehead atoms. The molecule has 1 aliphatic rings. The Kier molecular flexibility index (Phi) is 3.19. The first-order valence-electron chi connectivity index (χ1n) is 3.57. The van der Waals surface area contributed by atoms with Gasteiger partial charge in [-0.25, -0.2) is 4.79 Å². The maximum Gasteiger partial charge on any atom is 0.407 e. The Labute approximate surface area is 61.8 Å². The summed E-state index contributed by atoms with van der Waals surface area (Å²) in [6.45, 7) is 8.35. The molecule has 0 saturated carbocycles. The molecule has 10 heavy (non-hydrogen) atoms. The number of alkyl carbamates (subject to hydrolysis) is 1. The van der Waals surface area contributed by atoms with E-state index in [1.165, 1.54) is 0 Å². The van der Waals surface area contributed by atoms with Gasteiger partial charge < -0.3 is 10.1 Å². The molecule has 1 N–H and O–H groups in total. The number of hydrogen-bond donors (Lipinski definition) is 1. The first-order chi connectivity index (χ1) is 4.60. The summed E-state index contributed by atoms with van der Waals surface area (Å²) in [5.41, 5.74) is -0.295. The van der Waals surface area contributed by atoms with Crippen molar-refractivity contribution < 1.29 is 9.53 Å². The van der Waals surface area contributed by atoms with E-state index in [2.05, 4.69) is 5.32 Å². The van der Waals surface area contributed by atoms with E-state index in [1.807, 2.05) is 27.7 Å². The highest BCUT2D eigenvalue weighted by Crippen LogP contribution is 2.12. The lowest BCUT2D eigenvalue weighted by atomic mass is 10.1. The molecule has 1 amide bonds. The topological polar surface area (TPSA) is 38.3 Å². The van der Waals surface area contributed by atoms with E-state index in [4.69, 9.17) is 4.74 Å². The summed E-state index contributed by atoms with van der Waals surface area (Å²) in [6.07, 6.45) is -0.310. The summed E-state index contributed by atoms with van der Waals surface area (Å²) < 4.78 is 4.80. The number of ether oxygens (including phenoxy) is 1. The van der Waals surface area contributed by atoms with E-state index in [0.29, 0.717) is 6.54 Å². The van der Waals surface area contributed by atoms with Gasteiger partial charge in [0.15, 0.2) is 0 Å². The van der Waals surface area contributed by atoms with E-state index >= 15 is 0 Å². The van der Waals surface area contributed by atoms with E-state index < -0.39 is 0 Å². The molecule has 0 atom stereocenters. The fourth-order valence-electron chi connectivity index (χ4n) is 0.608. The molecule has 1 rings (SSSR count). The molecule has 1 heterocycles. The molecule has 3 nitrogen and oxygen atoms in total. The van der Waals surface area contributed by atoms with Gasteiger partial charge in [0.1, 0.15) is 5.60 Å². The van der Waals surface area contributed by atoms with Crippen molar-refractivity contribution in [2.75, 3.05) is 6.54 Å². The van der Waals surface area contributed by atoms with Crippen LogP contribution in [0.3, 0.4) is 0 Å². The van der Waals surface area contributed by atoms with Gasteiger partial charge in [0, 0.05) is 0 Å². The predicted octanol–water partition coefficient (Wildman–Crippen LogP) is 1.53. The van der Waals surface area contributed by atoms with Crippen LogP contribution in [0.4, 0.5) is 4.79 Å². The Bertz CT molecular complexity index is 121. The van der Waals surface area contributed by atoms with E-state index in [1.54, 1.807) is 0 Å². The molecule has 0 aromatic carbocycles. The van der Waals surface area contributed by atoms with Crippen molar-refractivity contribution >= 4 is 6.09 Å². The number of carbonyl (C=O) groups excluding carboxylic acids is 1. The predicted molar refractivity (Wildman–Crippen MR) is 39.9 cm³/mol. The SMILES string of the molecule is CC.CC1(C)CNC(=O)O1. The second-order valence-electron chi connectivity index (χ2n) is 2.50. The molecule has 60 valence electrons. The van der Waals surface area contributed by atoms with Crippen molar-refractivity contribution in [3.63, 3.8) is 0 Å². The zero-order valence-electron chi connectivity index (χ0n) is 7.02. The van der Waals surface area contributed by atoms with E-state index in [-0.39, 0.29) is 11.7 Å². The van der Waals surface area contributed by atoms with Crippen molar-refractivity contribution in [1.82, 2.24) is 5.32 Å². The minimum Gasteiger partial charge on any atom is -0.442 e. The molecule has 0 aliphatic carbocycles. The summed E-state index contributed by atoms with van der Waals surface area (Å²) in [5.74, 6) is 0. The van der Waals surface area contributed by atoms with Crippen LogP contribution < -0.4 is 5.32 Å². The minimum absolute atomic E-state index is 0.295. The van der Waals surface area contributed by atoms with Crippen LogP contribution in [0.1, 0.15) is 27.7 Å². The van der Waals surface area contributed by atoms with Gasteiger partial charge in [-0.1, -0.05) is 13.8 Å². The van der Waals surface area contributed by atoms with Gasteiger partial charge in [0.2, 0.25) is 0 Å². The lowest BCUT2D eigenvalue weighted by Crippen LogP contribution is -2.23. The highest BCUT2D eigenvalue weighted by atomic mass is 16.6. The Balaban J connectivity index is 0.000000371. The summed E-state index contributed by atoms with van der Waals surface area (Å²) in [4.78, 5) is 10.3. The smallest absolute Gasteiger partial charge is 0.407 e. The van der Waals surface area contributed by atoms with Crippen molar-refractivity contribution in [3.8, 4) is 0 Å². The van der Waals surface area contributed by atoms with Crippen molar-refractivity contribution in [3.05, 3.63) is 0 Å².